The molecule has 1 aromatic carbocycles. The van der Waals surface area contributed by atoms with E-state index in [1.807, 2.05) is 37.3 Å². The van der Waals surface area contributed by atoms with E-state index in [1.54, 1.807) is 6.26 Å². The zero-order chi connectivity index (χ0) is 12.5. The Labute approximate surface area is 102 Å². The van der Waals surface area contributed by atoms with Crippen LogP contribution in [-0.4, -0.2) is 23.4 Å². The molecule has 0 amide bonds. The molecule has 1 aromatic rings. The highest BCUT2D eigenvalue weighted by Crippen LogP contribution is 2.13. The van der Waals surface area contributed by atoms with Gasteiger partial charge in [0.25, 0.3) is 0 Å². The molecule has 94 valence electrons. The van der Waals surface area contributed by atoms with Gasteiger partial charge in [-0.15, -0.1) is 0 Å². The predicted molar refractivity (Wildman–Crippen MR) is 67.9 cm³/mol. The third-order valence-corrected chi connectivity index (χ3v) is 2.45. The summed E-state index contributed by atoms with van der Waals surface area (Å²) in [6.07, 6.45) is 5.09. The summed E-state index contributed by atoms with van der Waals surface area (Å²) in [5.74, 6) is 0.887. The fourth-order valence-electron chi connectivity index (χ4n) is 1.33. The van der Waals surface area contributed by atoms with Gasteiger partial charge in [-0.25, -0.2) is 0 Å². The minimum atomic E-state index is 0.110. The van der Waals surface area contributed by atoms with Crippen LogP contribution < -0.4 is 4.74 Å². The molecule has 3 nitrogen and oxygen atoms in total. The van der Waals surface area contributed by atoms with E-state index in [-0.39, 0.29) is 19.1 Å². The lowest BCUT2D eigenvalue weighted by Gasteiger charge is -2.04. The number of hydrogen-bond donors (Lipinski definition) is 2. The lowest BCUT2D eigenvalue weighted by molar-refractivity contribution is 0.260. The van der Waals surface area contributed by atoms with Crippen molar-refractivity contribution in [1.82, 2.24) is 0 Å². The van der Waals surface area contributed by atoms with Crippen LogP contribution in [0.3, 0.4) is 0 Å². The van der Waals surface area contributed by atoms with E-state index in [2.05, 4.69) is 0 Å². The van der Waals surface area contributed by atoms with E-state index in [9.17, 15) is 0 Å². The average molecular weight is 236 g/mol. The first-order valence-electron chi connectivity index (χ1n) is 5.90. The molecule has 0 aromatic heterocycles. The van der Waals surface area contributed by atoms with Crippen LogP contribution in [0.1, 0.15) is 18.9 Å². The lowest BCUT2D eigenvalue weighted by Crippen LogP contribution is -1.96. The largest absolute Gasteiger partial charge is 0.465 e. The highest BCUT2D eigenvalue weighted by atomic mass is 16.5. The minimum Gasteiger partial charge on any atom is -0.465 e. The van der Waals surface area contributed by atoms with Crippen molar-refractivity contribution >= 4 is 0 Å². The van der Waals surface area contributed by atoms with Crippen molar-refractivity contribution in [3.8, 4) is 5.75 Å². The Hall–Kier alpha value is -1.32. The Morgan fingerprint density at radius 3 is 2.53 bits per heavy atom. The number of aliphatic hydroxyl groups is 2. The summed E-state index contributed by atoms with van der Waals surface area (Å²) in [6, 6.07) is 7.80. The topological polar surface area (TPSA) is 49.7 Å². The van der Waals surface area contributed by atoms with Gasteiger partial charge in [-0.05, 0) is 36.6 Å². The molecule has 0 radical (unpaired) electrons. The van der Waals surface area contributed by atoms with Crippen molar-refractivity contribution in [2.75, 3.05) is 13.2 Å². The molecule has 0 bridgehead atoms. The van der Waals surface area contributed by atoms with E-state index in [4.69, 9.17) is 14.9 Å². The maximum absolute atomic E-state index is 8.82. The van der Waals surface area contributed by atoms with E-state index in [0.717, 1.165) is 18.6 Å². The first-order chi connectivity index (χ1) is 8.26. The molecule has 0 spiro atoms. The van der Waals surface area contributed by atoms with Gasteiger partial charge in [-0.1, -0.05) is 19.1 Å². The predicted octanol–water partition coefficient (Wildman–Crippen LogP) is 2.13. The molecule has 0 aliphatic carbocycles. The smallest absolute Gasteiger partial charge is 0.126 e. The average Bonchev–Trinajstić information content (AvgIpc) is 2.37. The first-order valence-corrected chi connectivity index (χ1v) is 5.90. The zero-order valence-corrected chi connectivity index (χ0v) is 10.2. The van der Waals surface area contributed by atoms with Crippen LogP contribution in [0.5, 0.6) is 5.75 Å². The van der Waals surface area contributed by atoms with Crippen molar-refractivity contribution < 1.29 is 14.9 Å². The van der Waals surface area contributed by atoms with Gasteiger partial charge in [-0.2, -0.15) is 0 Å². The van der Waals surface area contributed by atoms with Crippen molar-refractivity contribution in [3.05, 3.63) is 42.2 Å². The maximum atomic E-state index is 8.82. The van der Waals surface area contributed by atoms with Crippen molar-refractivity contribution in [2.45, 2.75) is 19.8 Å². The van der Waals surface area contributed by atoms with E-state index < -0.39 is 0 Å². The van der Waals surface area contributed by atoms with Gasteiger partial charge in [0.15, 0.2) is 0 Å². The number of ether oxygens (including phenoxy) is 1. The highest BCUT2D eigenvalue weighted by molar-refractivity contribution is 5.27. The summed E-state index contributed by atoms with van der Waals surface area (Å²) < 4.78 is 5.40. The normalized spacial score (nSPS) is 12.9. The lowest BCUT2D eigenvalue weighted by atomic mass is 10.1. The fourth-order valence-corrected chi connectivity index (χ4v) is 1.33. The van der Waals surface area contributed by atoms with Gasteiger partial charge in [0, 0.05) is 19.1 Å². The van der Waals surface area contributed by atoms with Crippen LogP contribution in [-0.2, 0) is 6.42 Å². The Bertz CT molecular complexity index is 330. The molecule has 2 N–H and O–H groups in total. The van der Waals surface area contributed by atoms with Crippen molar-refractivity contribution in [1.29, 1.82) is 0 Å². The molecular weight excluding hydrogens is 216 g/mol. The molecule has 1 rings (SSSR count). The number of aryl methyl sites for hydroxylation is 1. The van der Waals surface area contributed by atoms with Crippen LogP contribution in [0.4, 0.5) is 0 Å². The van der Waals surface area contributed by atoms with Crippen LogP contribution in [0, 0.1) is 5.92 Å². The summed E-state index contributed by atoms with van der Waals surface area (Å²) in [5.41, 5.74) is 1.19. The third kappa shape index (κ3) is 5.52. The summed E-state index contributed by atoms with van der Waals surface area (Å²) in [5, 5.41) is 17.5. The standard InChI is InChI=1S/C14H20O3/c1-12(11-16)8-10-17-14-6-4-13(5-7-14)3-2-9-15/h4-8,10,12,15-16H,2-3,9,11H2,1H3/b10-8-. The number of hydrogen-bond acceptors (Lipinski definition) is 3. The Morgan fingerprint density at radius 1 is 1.24 bits per heavy atom. The van der Waals surface area contributed by atoms with Crippen molar-refractivity contribution in [2.24, 2.45) is 5.92 Å². The summed E-state index contributed by atoms with van der Waals surface area (Å²) in [7, 11) is 0. The number of benzene rings is 1. The molecule has 0 saturated heterocycles. The minimum absolute atomic E-state index is 0.110. The summed E-state index contributed by atoms with van der Waals surface area (Å²) in [6.45, 7) is 2.26. The van der Waals surface area contributed by atoms with E-state index in [0.29, 0.717) is 0 Å². The Morgan fingerprint density at radius 2 is 1.94 bits per heavy atom. The van der Waals surface area contributed by atoms with Crippen molar-refractivity contribution in [3.63, 3.8) is 0 Å². The van der Waals surface area contributed by atoms with Gasteiger partial charge in [0.2, 0.25) is 0 Å². The van der Waals surface area contributed by atoms with Crippen LogP contribution >= 0.6 is 0 Å². The zero-order valence-electron chi connectivity index (χ0n) is 10.2. The second kappa shape index (κ2) is 7.87. The summed E-state index contributed by atoms with van der Waals surface area (Å²) >= 11 is 0. The SMILES string of the molecule is CC(/C=C\Oc1ccc(CCCO)cc1)CO. The van der Waals surface area contributed by atoms with Gasteiger partial charge in [-0.3, -0.25) is 0 Å². The van der Waals surface area contributed by atoms with E-state index in [1.165, 1.54) is 5.56 Å². The first kappa shape index (κ1) is 13.7. The second-order valence-electron chi connectivity index (χ2n) is 4.08. The molecule has 1 atom stereocenters. The quantitative estimate of drug-likeness (QED) is 0.713. The highest BCUT2D eigenvalue weighted by Gasteiger charge is 1.95. The Balaban J connectivity index is 2.42. The molecule has 0 heterocycles. The number of aliphatic hydroxyl groups excluding tert-OH is 2. The van der Waals surface area contributed by atoms with Crippen LogP contribution in [0.15, 0.2) is 36.6 Å². The molecule has 0 saturated carbocycles. The molecule has 3 heteroatoms. The van der Waals surface area contributed by atoms with Crippen LogP contribution in [0.2, 0.25) is 0 Å². The molecule has 1 unspecified atom stereocenters. The molecule has 0 aliphatic heterocycles. The number of rotatable bonds is 7. The monoisotopic (exact) mass is 236 g/mol. The van der Waals surface area contributed by atoms with Gasteiger partial charge in [0.05, 0.1) is 6.26 Å². The molecule has 0 fully saturated rings. The van der Waals surface area contributed by atoms with Gasteiger partial charge >= 0.3 is 0 Å². The Kier molecular flexibility index (Phi) is 6.37. The van der Waals surface area contributed by atoms with Gasteiger partial charge in [0.1, 0.15) is 5.75 Å². The van der Waals surface area contributed by atoms with Gasteiger partial charge < -0.3 is 14.9 Å². The van der Waals surface area contributed by atoms with Crippen LogP contribution in [0.25, 0.3) is 0 Å². The summed E-state index contributed by atoms with van der Waals surface area (Å²) in [4.78, 5) is 0. The second-order valence-corrected chi connectivity index (χ2v) is 4.08. The van der Waals surface area contributed by atoms with E-state index >= 15 is 0 Å². The maximum Gasteiger partial charge on any atom is 0.126 e. The third-order valence-electron chi connectivity index (χ3n) is 2.45. The molecule has 0 aliphatic rings. The molecular formula is C14H20O3. The molecule has 17 heavy (non-hydrogen) atoms. The fraction of sp³-hybridized carbons (Fsp3) is 0.429.